The summed E-state index contributed by atoms with van der Waals surface area (Å²) in [5.41, 5.74) is 38.5. The fourth-order valence-corrected chi connectivity index (χ4v) is 18.9. The zero-order chi connectivity index (χ0) is 65.0. The molecule has 2 heteroatoms. The Hall–Kier alpha value is -6.90. The molecule has 91 heavy (non-hydrogen) atoms. The van der Waals surface area contributed by atoms with Gasteiger partial charge in [0.25, 0.3) is 0 Å². The van der Waals surface area contributed by atoms with E-state index < -0.39 is 0 Å². The highest BCUT2D eigenvalue weighted by Crippen LogP contribution is 2.67. The number of rotatable bonds is 3. The van der Waals surface area contributed by atoms with E-state index >= 15 is 0 Å². The molecule has 468 valence electrons. The smallest absolute Gasteiger partial charge is 0.0542 e. The topological polar surface area (TPSA) is 6.48 Å². The van der Waals surface area contributed by atoms with E-state index in [1.165, 1.54) is 177 Å². The zero-order valence-electron chi connectivity index (χ0n) is 59.7. The lowest BCUT2D eigenvalue weighted by molar-refractivity contribution is 0.331. The van der Waals surface area contributed by atoms with Crippen LogP contribution in [0.3, 0.4) is 0 Å². The first-order valence-electron chi connectivity index (χ1n) is 34.8. The first kappa shape index (κ1) is 60.3. The summed E-state index contributed by atoms with van der Waals surface area (Å²) in [6, 6.07) is 55.6. The van der Waals surface area contributed by atoms with E-state index in [9.17, 15) is 0 Å². The van der Waals surface area contributed by atoms with Crippen molar-refractivity contribution in [1.29, 1.82) is 0 Å². The Balaban J connectivity index is 1.06. The molecule has 0 N–H and O–H groups in total. The van der Waals surface area contributed by atoms with E-state index in [4.69, 9.17) is 0 Å². The van der Waals surface area contributed by atoms with E-state index in [0.717, 1.165) is 6.42 Å². The van der Waals surface area contributed by atoms with Crippen LogP contribution < -0.4 is 9.80 Å². The van der Waals surface area contributed by atoms with Crippen LogP contribution in [0.2, 0.25) is 0 Å². The Morgan fingerprint density at radius 3 is 1.36 bits per heavy atom. The molecule has 1 atom stereocenters. The van der Waals surface area contributed by atoms with Gasteiger partial charge in [0.15, 0.2) is 0 Å². The van der Waals surface area contributed by atoms with Crippen LogP contribution in [0.15, 0.2) is 139 Å². The Morgan fingerprint density at radius 1 is 0.363 bits per heavy atom. The third-order valence-electron chi connectivity index (χ3n) is 25.1. The van der Waals surface area contributed by atoms with Crippen molar-refractivity contribution in [3.8, 4) is 11.1 Å². The van der Waals surface area contributed by atoms with Gasteiger partial charge in [-0.25, -0.2) is 0 Å². The minimum absolute atomic E-state index is 0.00436. The van der Waals surface area contributed by atoms with E-state index in [1.54, 1.807) is 5.56 Å². The molecular formula is C89H102N2. The third-order valence-corrected chi connectivity index (χ3v) is 25.1. The summed E-state index contributed by atoms with van der Waals surface area (Å²) in [7, 11) is 0. The van der Waals surface area contributed by atoms with Crippen LogP contribution >= 0.6 is 0 Å². The van der Waals surface area contributed by atoms with Crippen LogP contribution in [0, 0.1) is 6.92 Å². The van der Waals surface area contributed by atoms with Crippen molar-refractivity contribution in [2.75, 3.05) is 9.80 Å². The van der Waals surface area contributed by atoms with Crippen LogP contribution in [0.25, 0.3) is 16.8 Å². The maximum atomic E-state index is 2.80. The second-order valence-electron chi connectivity index (χ2n) is 36.4. The van der Waals surface area contributed by atoms with Crippen LogP contribution in [-0.4, -0.2) is 0 Å². The highest BCUT2D eigenvalue weighted by molar-refractivity contribution is 6.04. The lowest BCUT2D eigenvalue weighted by atomic mass is 9.54. The Bertz CT molecular complexity index is 4520. The molecular weight excluding hydrogens is 1100 g/mol. The SMILES string of the molecule is Cc1cc2c3c(c1)N(c1ccc(C(C)(C)C)cc1-c1ccc(C(C)(C)C)cc1)c1cc4c(cc1C3C1=C(c3cc5c(cc3C1)C(C)(C)CCC5(C)C)N2c1ccc2c(c1)C(C)(C)CCC2(C)C)C(C)(C)c1cc2c(cc1C4(C)C)C(C)(C)c1ccccc1C2(C)C. The van der Waals surface area contributed by atoms with Crippen LogP contribution in [0.5, 0.6) is 0 Å². The Labute approximate surface area is 548 Å². The molecule has 2 nitrogen and oxygen atoms in total. The molecule has 2 aliphatic heterocycles. The molecule has 0 aromatic heterocycles. The van der Waals surface area contributed by atoms with Crippen LogP contribution in [0.1, 0.15) is 290 Å². The Morgan fingerprint density at radius 2 is 0.824 bits per heavy atom. The van der Waals surface area contributed by atoms with Gasteiger partial charge in [0, 0.05) is 50.0 Å². The van der Waals surface area contributed by atoms with Crippen molar-refractivity contribution < 1.29 is 0 Å². The second-order valence-corrected chi connectivity index (χ2v) is 36.4. The van der Waals surface area contributed by atoms with Gasteiger partial charge < -0.3 is 9.80 Å². The highest BCUT2D eigenvalue weighted by atomic mass is 15.2. The number of hydrogen-bond acceptors (Lipinski definition) is 2. The van der Waals surface area contributed by atoms with Gasteiger partial charge in [-0.2, -0.15) is 0 Å². The molecule has 0 saturated heterocycles. The summed E-state index contributed by atoms with van der Waals surface area (Å²) < 4.78 is 0. The predicted molar refractivity (Wildman–Crippen MR) is 388 cm³/mol. The van der Waals surface area contributed by atoms with Crippen molar-refractivity contribution in [2.45, 2.75) is 251 Å². The van der Waals surface area contributed by atoms with Gasteiger partial charge in [0.05, 0.1) is 28.4 Å². The number of anilines is 5. The molecule has 0 spiro atoms. The summed E-state index contributed by atoms with van der Waals surface area (Å²) in [6.45, 7) is 56.6. The molecule has 0 bridgehead atoms. The van der Waals surface area contributed by atoms with E-state index in [2.05, 4.69) is 303 Å². The largest absolute Gasteiger partial charge is 0.309 e. The Kier molecular flexibility index (Phi) is 12.4. The molecule has 7 aliphatic rings. The normalized spacial score (nSPS) is 21.4. The number of fused-ring (bicyclic) bond motifs is 11. The standard InChI is InChI=1S/C89H102N2/c1-51-40-75-78-76(41-51)91(73-35-32-55(81(5,6)7)44-57(73)52-28-30-54(31-29-52)80(2,3)4)74-50-72-67(88(20,21)70-48-68-69(49-71(70)89(72,22)23)87(18,19)63-27-25-24-26-62(63)86(68,16)17)47-59(74)77(78)60-42-53-43-64-66(85(14,15)39-38-83(64,10)11)46-58(53)79(60)90(75)56-33-34-61-65(45-56)84(12,13)37-36-82(61,8)9/h24-35,40-41,43-50,77H,36-39,42H2,1-23H3. The van der Waals surface area contributed by atoms with Crippen molar-refractivity contribution in [2.24, 2.45) is 0 Å². The molecule has 8 aromatic rings. The van der Waals surface area contributed by atoms with Gasteiger partial charge in [-0.3, -0.25) is 0 Å². The first-order chi connectivity index (χ1) is 42.3. The van der Waals surface area contributed by atoms with Gasteiger partial charge in [-0.15, -0.1) is 0 Å². The molecule has 0 saturated carbocycles. The van der Waals surface area contributed by atoms with Crippen molar-refractivity contribution in [1.82, 2.24) is 0 Å². The number of hydrogen-bond donors (Lipinski definition) is 0. The summed E-state index contributed by atoms with van der Waals surface area (Å²) in [4.78, 5) is 5.58. The fourth-order valence-electron chi connectivity index (χ4n) is 18.9. The first-order valence-corrected chi connectivity index (χ1v) is 34.8. The average Bonchev–Trinajstić information content (AvgIpc) is 1.63. The molecule has 8 aromatic carbocycles. The molecule has 5 aliphatic carbocycles. The van der Waals surface area contributed by atoms with Crippen LogP contribution in [-0.2, 0) is 60.6 Å². The maximum absolute atomic E-state index is 2.80. The minimum Gasteiger partial charge on any atom is -0.309 e. The molecule has 2 heterocycles. The number of benzene rings is 8. The van der Waals surface area contributed by atoms with Crippen molar-refractivity contribution >= 4 is 34.1 Å². The lowest BCUT2D eigenvalue weighted by Gasteiger charge is -2.50. The van der Waals surface area contributed by atoms with Crippen molar-refractivity contribution in [3.63, 3.8) is 0 Å². The molecule has 15 rings (SSSR count). The van der Waals surface area contributed by atoms with Gasteiger partial charge in [-0.1, -0.05) is 237 Å². The predicted octanol–water partition coefficient (Wildman–Crippen LogP) is 23.9. The van der Waals surface area contributed by atoms with Gasteiger partial charge in [0.2, 0.25) is 0 Å². The van der Waals surface area contributed by atoms with Gasteiger partial charge >= 0.3 is 0 Å². The van der Waals surface area contributed by atoms with Crippen molar-refractivity contribution in [3.05, 3.63) is 245 Å². The summed E-state index contributed by atoms with van der Waals surface area (Å²) in [5, 5.41) is 0. The molecule has 0 amide bonds. The summed E-state index contributed by atoms with van der Waals surface area (Å²) in [6.07, 6.45) is 5.64. The number of allylic oxidation sites excluding steroid dienone is 1. The summed E-state index contributed by atoms with van der Waals surface area (Å²) >= 11 is 0. The van der Waals surface area contributed by atoms with Gasteiger partial charge in [-0.05, 0) is 226 Å². The molecule has 0 radical (unpaired) electrons. The zero-order valence-corrected chi connectivity index (χ0v) is 59.7. The summed E-state index contributed by atoms with van der Waals surface area (Å²) in [5.74, 6) is -0.00436. The van der Waals surface area contributed by atoms with E-state index in [0.29, 0.717) is 0 Å². The monoisotopic (exact) mass is 1200 g/mol. The van der Waals surface area contributed by atoms with Gasteiger partial charge in [0.1, 0.15) is 0 Å². The number of nitrogens with zero attached hydrogens (tertiary/aromatic N) is 2. The maximum Gasteiger partial charge on any atom is 0.0542 e. The minimum atomic E-state index is -0.336. The third kappa shape index (κ3) is 8.47. The fraction of sp³-hybridized carbons (Fsp3) is 0.438. The highest BCUT2D eigenvalue weighted by Gasteiger charge is 2.52. The second kappa shape index (κ2) is 18.7. The van der Waals surface area contributed by atoms with E-state index in [1.807, 2.05) is 0 Å². The molecule has 0 fully saturated rings. The van der Waals surface area contributed by atoms with Crippen LogP contribution in [0.4, 0.5) is 28.4 Å². The number of aryl methyl sites for hydroxylation is 1. The van der Waals surface area contributed by atoms with E-state index in [-0.39, 0.29) is 60.1 Å². The quantitative estimate of drug-likeness (QED) is 0.174. The lowest BCUT2D eigenvalue weighted by Crippen LogP contribution is -2.41. The average molecular weight is 1200 g/mol. The molecule has 1 unspecified atom stereocenters.